The van der Waals surface area contributed by atoms with Crippen molar-refractivity contribution in [1.82, 2.24) is 14.9 Å². The molecule has 1 heterocycles. The lowest BCUT2D eigenvalue weighted by molar-refractivity contribution is 0.0950. The van der Waals surface area contributed by atoms with Crippen LogP contribution in [0.5, 0.6) is 11.5 Å². The summed E-state index contributed by atoms with van der Waals surface area (Å²) in [7, 11) is 3.11. The maximum Gasteiger partial charge on any atom is 0.328 e. The van der Waals surface area contributed by atoms with E-state index in [9.17, 15) is 14.4 Å². The number of carbonyl (C=O) groups is 1. The highest BCUT2D eigenvalue weighted by molar-refractivity contribution is 5.97. The smallest absolute Gasteiger partial charge is 0.328 e. The molecule has 0 saturated heterocycles. The van der Waals surface area contributed by atoms with Crippen molar-refractivity contribution in [3.63, 3.8) is 0 Å². The first kappa shape index (κ1) is 19.2. The van der Waals surface area contributed by atoms with E-state index in [-0.39, 0.29) is 24.6 Å². The van der Waals surface area contributed by atoms with Gasteiger partial charge in [0.2, 0.25) is 0 Å². The standard InChI is InChI=1S/C20H21N3O5/c1-4-23-19(25)15-7-5-12(10-16(15)22-20(23)26)18(24)21-11-13-9-14(27-2)6-8-17(13)28-3/h5-10H,4,11H2,1-3H3,(H,21,24)(H,22,26). The molecule has 0 aliphatic heterocycles. The van der Waals surface area contributed by atoms with Crippen LogP contribution in [0.3, 0.4) is 0 Å². The minimum Gasteiger partial charge on any atom is -0.497 e. The molecular weight excluding hydrogens is 362 g/mol. The third-order valence-corrected chi connectivity index (χ3v) is 4.49. The molecule has 146 valence electrons. The molecule has 0 saturated carbocycles. The summed E-state index contributed by atoms with van der Waals surface area (Å²) >= 11 is 0. The lowest BCUT2D eigenvalue weighted by Gasteiger charge is -2.12. The molecule has 8 nitrogen and oxygen atoms in total. The van der Waals surface area contributed by atoms with Gasteiger partial charge in [-0.3, -0.25) is 14.2 Å². The van der Waals surface area contributed by atoms with Gasteiger partial charge in [-0.15, -0.1) is 0 Å². The van der Waals surface area contributed by atoms with E-state index < -0.39 is 5.69 Å². The number of aromatic amines is 1. The topological polar surface area (TPSA) is 102 Å². The number of amides is 1. The number of nitrogens with zero attached hydrogens (tertiary/aromatic N) is 1. The van der Waals surface area contributed by atoms with Crippen molar-refractivity contribution in [3.05, 3.63) is 68.4 Å². The van der Waals surface area contributed by atoms with Gasteiger partial charge in [0.1, 0.15) is 11.5 Å². The molecule has 3 aromatic rings. The second kappa shape index (κ2) is 7.99. The number of hydrogen-bond donors (Lipinski definition) is 2. The van der Waals surface area contributed by atoms with Crippen LogP contribution in [0.2, 0.25) is 0 Å². The van der Waals surface area contributed by atoms with Crippen molar-refractivity contribution < 1.29 is 14.3 Å². The number of benzene rings is 2. The maximum absolute atomic E-state index is 12.6. The maximum atomic E-state index is 12.6. The van der Waals surface area contributed by atoms with Crippen LogP contribution in [0.4, 0.5) is 0 Å². The average Bonchev–Trinajstić information content (AvgIpc) is 2.71. The normalized spacial score (nSPS) is 10.7. The van der Waals surface area contributed by atoms with Crippen LogP contribution in [0.15, 0.2) is 46.0 Å². The zero-order valence-electron chi connectivity index (χ0n) is 15.9. The first-order valence-electron chi connectivity index (χ1n) is 8.74. The van der Waals surface area contributed by atoms with Crippen LogP contribution >= 0.6 is 0 Å². The summed E-state index contributed by atoms with van der Waals surface area (Å²) in [5.41, 5.74) is 0.535. The largest absolute Gasteiger partial charge is 0.497 e. The third-order valence-electron chi connectivity index (χ3n) is 4.49. The van der Waals surface area contributed by atoms with Crippen molar-refractivity contribution in [2.24, 2.45) is 0 Å². The van der Waals surface area contributed by atoms with E-state index in [1.54, 1.807) is 51.5 Å². The number of hydrogen-bond acceptors (Lipinski definition) is 5. The number of rotatable bonds is 6. The predicted molar refractivity (Wildman–Crippen MR) is 105 cm³/mol. The van der Waals surface area contributed by atoms with Gasteiger partial charge < -0.3 is 19.8 Å². The second-order valence-electron chi connectivity index (χ2n) is 6.10. The Morgan fingerprint density at radius 3 is 2.57 bits per heavy atom. The van der Waals surface area contributed by atoms with Gasteiger partial charge in [-0.05, 0) is 43.3 Å². The van der Waals surface area contributed by atoms with Gasteiger partial charge >= 0.3 is 5.69 Å². The molecular formula is C20H21N3O5. The molecule has 0 aliphatic rings. The molecule has 0 atom stereocenters. The molecule has 0 fully saturated rings. The fourth-order valence-corrected chi connectivity index (χ4v) is 2.98. The monoisotopic (exact) mass is 383 g/mol. The zero-order valence-corrected chi connectivity index (χ0v) is 15.9. The van der Waals surface area contributed by atoms with Crippen molar-refractivity contribution >= 4 is 16.8 Å². The van der Waals surface area contributed by atoms with Crippen molar-refractivity contribution in [3.8, 4) is 11.5 Å². The highest BCUT2D eigenvalue weighted by Crippen LogP contribution is 2.23. The Labute approximate surface area is 160 Å². The number of fused-ring (bicyclic) bond motifs is 1. The van der Waals surface area contributed by atoms with Gasteiger partial charge in [0.25, 0.3) is 11.5 Å². The molecule has 0 unspecified atom stereocenters. The van der Waals surface area contributed by atoms with Crippen LogP contribution in [0.25, 0.3) is 10.9 Å². The fraction of sp³-hybridized carbons (Fsp3) is 0.250. The SMILES string of the molecule is CCn1c(=O)[nH]c2cc(C(=O)NCc3cc(OC)ccc3OC)ccc2c1=O. The molecule has 0 bridgehead atoms. The predicted octanol–water partition coefficient (Wildman–Crippen LogP) is 1.66. The summed E-state index contributed by atoms with van der Waals surface area (Å²) in [6.07, 6.45) is 0. The van der Waals surface area contributed by atoms with E-state index in [0.29, 0.717) is 28.0 Å². The first-order valence-corrected chi connectivity index (χ1v) is 8.74. The molecule has 28 heavy (non-hydrogen) atoms. The molecule has 0 spiro atoms. The van der Waals surface area contributed by atoms with Crippen molar-refractivity contribution in [2.75, 3.05) is 14.2 Å². The van der Waals surface area contributed by atoms with E-state index in [4.69, 9.17) is 9.47 Å². The fourth-order valence-electron chi connectivity index (χ4n) is 2.98. The Morgan fingerprint density at radius 2 is 1.89 bits per heavy atom. The van der Waals surface area contributed by atoms with Gasteiger partial charge in [0.15, 0.2) is 0 Å². The number of carbonyl (C=O) groups excluding carboxylic acids is 1. The number of aromatic nitrogens is 2. The number of ether oxygens (including phenoxy) is 2. The van der Waals surface area contributed by atoms with Crippen LogP contribution in [-0.2, 0) is 13.1 Å². The first-order chi connectivity index (χ1) is 13.5. The highest BCUT2D eigenvalue weighted by Gasteiger charge is 2.12. The van der Waals surface area contributed by atoms with Gasteiger partial charge in [-0.2, -0.15) is 0 Å². The molecule has 8 heteroatoms. The summed E-state index contributed by atoms with van der Waals surface area (Å²) in [6.45, 7) is 2.22. The lowest BCUT2D eigenvalue weighted by atomic mass is 10.1. The van der Waals surface area contributed by atoms with E-state index in [0.717, 1.165) is 10.1 Å². The van der Waals surface area contributed by atoms with E-state index in [1.165, 1.54) is 6.07 Å². The second-order valence-corrected chi connectivity index (χ2v) is 6.10. The number of nitrogens with one attached hydrogen (secondary N) is 2. The molecule has 0 radical (unpaired) electrons. The van der Waals surface area contributed by atoms with Crippen LogP contribution in [0, 0.1) is 0 Å². The highest BCUT2D eigenvalue weighted by atomic mass is 16.5. The summed E-state index contributed by atoms with van der Waals surface area (Å²) in [6, 6.07) is 9.91. The van der Waals surface area contributed by atoms with E-state index >= 15 is 0 Å². The summed E-state index contributed by atoms with van der Waals surface area (Å²) in [4.78, 5) is 39.5. The third kappa shape index (κ3) is 3.62. The van der Waals surface area contributed by atoms with Gasteiger partial charge in [-0.25, -0.2) is 4.79 Å². The molecule has 2 aromatic carbocycles. The van der Waals surface area contributed by atoms with E-state index in [1.807, 2.05) is 0 Å². The lowest BCUT2D eigenvalue weighted by Crippen LogP contribution is -2.34. The summed E-state index contributed by atoms with van der Waals surface area (Å²) in [5.74, 6) is 0.942. The average molecular weight is 383 g/mol. The van der Waals surface area contributed by atoms with Gasteiger partial charge in [0, 0.05) is 24.2 Å². The van der Waals surface area contributed by atoms with Crippen LogP contribution in [0.1, 0.15) is 22.8 Å². The Balaban J connectivity index is 1.86. The molecule has 2 N–H and O–H groups in total. The van der Waals surface area contributed by atoms with E-state index in [2.05, 4.69) is 10.3 Å². The summed E-state index contributed by atoms with van der Waals surface area (Å²) in [5, 5.41) is 3.16. The quantitative estimate of drug-likeness (QED) is 0.674. The molecule has 1 aromatic heterocycles. The Hall–Kier alpha value is -3.55. The number of methoxy groups -OCH3 is 2. The van der Waals surface area contributed by atoms with Gasteiger partial charge in [-0.1, -0.05) is 0 Å². The van der Waals surface area contributed by atoms with Gasteiger partial charge in [0.05, 0.1) is 25.1 Å². The van der Waals surface area contributed by atoms with Crippen LogP contribution in [-0.4, -0.2) is 29.7 Å². The molecule has 0 aliphatic carbocycles. The van der Waals surface area contributed by atoms with Crippen molar-refractivity contribution in [2.45, 2.75) is 20.0 Å². The summed E-state index contributed by atoms with van der Waals surface area (Å²) < 4.78 is 11.6. The Kier molecular flexibility index (Phi) is 5.49. The minimum absolute atomic E-state index is 0.227. The Morgan fingerprint density at radius 1 is 1.11 bits per heavy atom. The molecule has 1 amide bonds. The zero-order chi connectivity index (χ0) is 20.3. The molecule has 3 rings (SSSR count). The number of H-pyrrole nitrogens is 1. The van der Waals surface area contributed by atoms with Crippen molar-refractivity contribution in [1.29, 1.82) is 0 Å². The van der Waals surface area contributed by atoms with Crippen LogP contribution < -0.4 is 26.0 Å². The minimum atomic E-state index is -0.501. The Bertz CT molecular complexity index is 1150.